The minimum absolute atomic E-state index is 0.178. The molecule has 0 bridgehead atoms. The summed E-state index contributed by atoms with van der Waals surface area (Å²) < 4.78 is 32.0. The number of aliphatic hydroxyl groups is 1. The van der Waals surface area contributed by atoms with Crippen molar-refractivity contribution in [3.8, 4) is 11.1 Å². The van der Waals surface area contributed by atoms with Gasteiger partial charge in [-0.15, -0.1) is 0 Å². The molecule has 2 aromatic rings. The Morgan fingerprint density at radius 3 is 2.45 bits per heavy atom. The summed E-state index contributed by atoms with van der Waals surface area (Å²) in [5, 5.41) is 18.7. The monoisotopic (exact) mass is 422 g/mol. The summed E-state index contributed by atoms with van der Waals surface area (Å²) in [7, 11) is -1.89. The second kappa shape index (κ2) is 9.66. The van der Waals surface area contributed by atoms with Gasteiger partial charge in [-0.1, -0.05) is 23.8 Å². The molecule has 0 aromatic heterocycles. The molecule has 0 heterocycles. The van der Waals surface area contributed by atoms with Crippen LogP contribution in [-0.2, 0) is 20.3 Å². The third-order valence-electron chi connectivity index (χ3n) is 5.02. The number of aliphatic hydroxyl groups excluding tert-OH is 1. The fourth-order valence-electron chi connectivity index (χ4n) is 3.53. The van der Waals surface area contributed by atoms with Gasteiger partial charge < -0.3 is 14.7 Å². The van der Waals surface area contributed by atoms with Crippen molar-refractivity contribution in [2.24, 2.45) is 0 Å². The lowest BCUT2D eigenvalue weighted by Gasteiger charge is -2.21. The first-order valence-electron chi connectivity index (χ1n) is 9.45. The third kappa shape index (κ3) is 6.23. The van der Waals surface area contributed by atoms with Crippen molar-refractivity contribution in [1.82, 2.24) is 0 Å². The second-order valence-electron chi connectivity index (χ2n) is 7.48. The molecule has 2 N–H and O–H groups in total. The van der Waals surface area contributed by atoms with Crippen LogP contribution in [0.25, 0.3) is 11.1 Å². The van der Waals surface area contributed by atoms with Crippen molar-refractivity contribution < 1.29 is 28.5 Å². The van der Waals surface area contributed by atoms with Crippen LogP contribution in [0.1, 0.15) is 28.7 Å². The van der Waals surface area contributed by atoms with Crippen molar-refractivity contribution in [2.75, 3.05) is 19.4 Å². The van der Waals surface area contributed by atoms with Crippen molar-refractivity contribution in [1.29, 1.82) is 0 Å². The van der Waals surface area contributed by atoms with E-state index in [9.17, 15) is 18.9 Å². The van der Waals surface area contributed by atoms with E-state index in [1.807, 2.05) is 26.0 Å². The number of benzene rings is 2. The highest BCUT2D eigenvalue weighted by molar-refractivity contribution is 7.59. The Bertz CT molecular complexity index is 941. The first-order chi connectivity index (χ1) is 13.5. The average molecular weight is 422 g/mol. The molecule has 0 radical (unpaired) electrons. The van der Waals surface area contributed by atoms with Crippen molar-refractivity contribution in [3.05, 3.63) is 58.4 Å². The Labute approximate surface area is 171 Å². The molecule has 29 heavy (non-hydrogen) atoms. The summed E-state index contributed by atoms with van der Waals surface area (Å²) in [5.74, 6) is -1.42. The van der Waals surface area contributed by atoms with Crippen LogP contribution in [0.3, 0.4) is 0 Å². The highest BCUT2D eigenvalue weighted by Gasteiger charge is 2.27. The Balaban J connectivity index is 2.33. The quantitative estimate of drug-likeness (QED) is 0.572. The highest BCUT2D eigenvalue weighted by Crippen LogP contribution is 2.48. The molecule has 158 valence electrons. The lowest BCUT2D eigenvalue weighted by molar-refractivity contribution is -0.138. The van der Waals surface area contributed by atoms with Gasteiger partial charge in [-0.2, -0.15) is 0 Å². The summed E-state index contributed by atoms with van der Waals surface area (Å²) >= 11 is 0. The van der Waals surface area contributed by atoms with Gasteiger partial charge in [0.1, 0.15) is 5.82 Å². The zero-order valence-corrected chi connectivity index (χ0v) is 18.1. The van der Waals surface area contributed by atoms with Crippen LogP contribution in [0.4, 0.5) is 4.39 Å². The molecule has 0 aliphatic heterocycles. The molecule has 0 aliphatic rings. The van der Waals surface area contributed by atoms with E-state index in [2.05, 4.69) is 0 Å². The number of rotatable bonds is 9. The number of carboxylic acids is 1. The van der Waals surface area contributed by atoms with E-state index < -0.39 is 25.9 Å². The van der Waals surface area contributed by atoms with Gasteiger partial charge in [-0.3, -0.25) is 9.36 Å². The van der Waals surface area contributed by atoms with Crippen LogP contribution in [0.5, 0.6) is 0 Å². The molecule has 5 nitrogen and oxygen atoms in total. The number of aryl methyl sites for hydroxylation is 3. The maximum Gasteiger partial charge on any atom is 0.305 e. The summed E-state index contributed by atoms with van der Waals surface area (Å²) in [6.07, 6.45) is -1.29. The van der Waals surface area contributed by atoms with Gasteiger partial charge in [0.05, 0.1) is 18.7 Å². The molecule has 0 fully saturated rings. The topological polar surface area (TPSA) is 83.8 Å². The van der Waals surface area contributed by atoms with Crippen molar-refractivity contribution in [3.63, 3.8) is 0 Å². The molecule has 0 spiro atoms. The van der Waals surface area contributed by atoms with Gasteiger partial charge in [0.2, 0.25) is 7.37 Å². The molecule has 0 amide bonds. The molecular weight excluding hydrogens is 394 g/mol. The lowest BCUT2D eigenvalue weighted by atomic mass is 9.91. The number of halogens is 1. The van der Waals surface area contributed by atoms with Crippen LogP contribution in [0.2, 0.25) is 0 Å². The lowest BCUT2D eigenvalue weighted by Crippen LogP contribution is -2.19. The predicted octanol–water partition coefficient (Wildman–Crippen LogP) is 4.72. The van der Waals surface area contributed by atoms with Crippen LogP contribution >= 0.6 is 7.37 Å². The van der Waals surface area contributed by atoms with Crippen molar-refractivity contribution in [2.45, 2.75) is 39.7 Å². The smallest absolute Gasteiger partial charge is 0.305 e. The minimum atomic E-state index is -3.21. The Morgan fingerprint density at radius 2 is 1.86 bits per heavy atom. The van der Waals surface area contributed by atoms with E-state index in [1.54, 1.807) is 19.1 Å². The normalized spacial score (nSPS) is 14.4. The minimum Gasteiger partial charge on any atom is -0.481 e. The Morgan fingerprint density at radius 1 is 1.17 bits per heavy atom. The van der Waals surface area contributed by atoms with Gasteiger partial charge in [0.15, 0.2) is 0 Å². The average Bonchev–Trinajstić information content (AvgIpc) is 2.62. The van der Waals surface area contributed by atoms with Gasteiger partial charge >= 0.3 is 5.97 Å². The van der Waals surface area contributed by atoms with Gasteiger partial charge in [-0.05, 0) is 67.1 Å². The highest BCUT2D eigenvalue weighted by atomic mass is 31.2. The van der Waals surface area contributed by atoms with Crippen LogP contribution in [-0.4, -0.2) is 41.7 Å². The van der Waals surface area contributed by atoms with Gasteiger partial charge in [0, 0.05) is 13.3 Å². The number of carboxylic acid groups (broad SMARTS) is 1. The summed E-state index contributed by atoms with van der Waals surface area (Å²) in [6, 6.07) is 9.01. The zero-order valence-electron chi connectivity index (χ0n) is 17.2. The largest absolute Gasteiger partial charge is 0.481 e. The number of aliphatic carboxylic acids is 1. The molecule has 2 rings (SSSR count). The standard InChI is InChI=1S/C22H28FO5P/c1-14-9-15(2)19(20(10-14)17-5-6-21(23)16(3)11-17)7-8-29(27,28-4)13-18(24)12-22(25)26/h5-6,9-11,18,24H,7-8,12-13H2,1-4H3,(H,25,26)/t18-,29?/m0/s1. The first-order valence-corrected chi connectivity index (χ1v) is 11.4. The SMILES string of the molecule is COP(=O)(CCc1c(C)cc(C)cc1-c1ccc(F)c(C)c1)C[C@@H](O)CC(=O)O. The van der Waals surface area contributed by atoms with Crippen LogP contribution < -0.4 is 0 Å². The maximum atomic E-state index is 13.7. The number of hydrogen-bond donors (Lipinski definition) is 2. The summed E-state index contributed by atoms with van der Waals surface area (Å²) in [6.45, 7) is 5.67. The Kier molecular flexibility index (Phi) is 7.75. The molecule has 2 aromatic carbocycles. The summed E-state index contributed by atoms with van der Waals surface area (Å²) in [4.78, 5) is 10.8. The second-order valence-corrected chi connectivity index (χ2v) is 10.3. The zero-order chi connectivity index (χ0) is 21.8. The fourth-order valence-corrected chi connectivity index (χ4v) is 5.38. The summed E-state index contributed by atoms with van der Waals surface area (Å²) in [5.41, 5.74) is 5.44. The van der Waals surface area contributed by atoms with Gasteiger partial charge in [0.25, 0.3) is 0 Å². The molecule has 0 aliphatic carbocycles. The molecule has 2 atom stereocenters. The van der Waals surface area contributed by atoms with Crippen molar-refractivity contribution >= 4 is 13.3 Å². The van der Waals surface area contributed by atoms with Gasteiger partial charge in [-0.25, -0.2) is 4.39 Å². The number of hydrogen-bond acceptors (Lipinski definition) is 4. The van der Waals surface area contributed by atoms with E-state index in [-0.39, 0.29) is 18.1 Å². The number of carbonyl (C=O) groups is 1. The van der Waals surface area contributed by atoms with E-state index in [0.717, 1.165) is 27.8 Å². The Hall–Kier alpha value is -2.01. The predicted molar refractivity (Wildman–Crippen MR) is 112 cm³/mol. The van der Waals surface area contributed by atoms with E-state index >= 15 is 0 Å². The first kappa shape index (κ1) is 23.3. The molecule has 0 saturated heterocycles. The molecular formula is C22H28FO5P. The van der Waals surface area contributed by atoms with Crippen LogP contribution in [0.15, 0.2) is 30.3 Å². The van der Waals surface area contributed by atoms with Crippen LogP contribution in [0, 0.1) is 26.6 Å². The van der Waals surface area contributed by atoms with E-state index in [1.165, 1.54) is 13.2 Å². The molecule has 0 saturated carbocycles. The fraction of sp³-hybridized carbons (Fsp3) is 0.409. The third-order valence-corrected chi connectivity index (χ3v) is 7.57. The molecule has 1 unspecified atom stereocenters. The van der Waals surface area contributed by atoms with E-state index in [0.29, 0.717) is 12.0 Å². The maximum absolute atomic E-state index is 13.7. The molecule has 7 heteroatoms. The van der Waals surface area contributed by atoms with E-state index in [4.69, 9.17) is 9.63 Å².